The van der Waals surface area contributed by atoms with Crippen molar-refractivity contribution in [3.8, 4) is 11.5 Å². The lowest BCUT2D eigenvalue weighted by Crippen LogP contribution is -2.27. The van der Waals surface area contributed by atoms with Crippen LogP contribution in [0, 0.1) is 0 Å². The van der Waals surface area contributed by atoms with Gasteiger partial charge in [0, 0.05) is 18.2 Å². The molecule has 6 heteroatoms. The van der Waals surface area contributed by atoms with Crippen molar-refractivity contribution in [2.45, 2.75) is 12.8 Å². The van der Waals surface area contributed by atoms with E-state index in [2.05, 4.69) is 10.6 Å². The average Bonchev–Trinajstić information content (AvgIpc) is 2.80. The molecule has 0 aromatic heterocycles. The summed E-state index contributed by atoms with van der Waals surface area (Å²) in [6.07, 6.45) is 0.843. The van der Waals surface area contributed by atoms with E-state index in [0.29, 0.717) is 29.3 Å². The minimum atomic E-state index is -0.243. The molecule has 0 saturated heterocycles. The Morgan fingerprint density at radius 3 is 2.35 bits per heavy atom. The Morgan fingerprint density at radius 1 is 0.871 bits per heavy atom. The molecule has 3 rings (SSSR count). The molecule has 0 aliphatic carbocycles. The lowest BCUT2D eigenvalue weighted by Gasteiger charge is -2.13. The van der Waals surface area contributed by atoms with E-state index in [1.54, 1.807) is 56.7 Å². The third kappa shape index (κ3) is 6.09. The summed E-state index contributed by atoms with van der Waals surface area (Å²) >= 11 is 0. The highest BCUT2D eigenvalue weighted by molar-refractivity contribution is 6.04. The first-order chi connectivity index (χ1) is 15.1. The zero-order valence-electron chi connectivity index (χ0n) is 17.7. The van der Waals surface area contributed by atoms with E-state index in [9.17, 15) is 9.59 Å². The predicted octanol–water partition coefficient (Wildman–Crippen LogP) is 3.86. The van der Waals surface area contributed by atoms with E-state index in [1.165, 1.54) is 0 Å². The number of carbonyl (C=O) groups is 2. The van der Waals surface area contributed by atoms with Crippen LogP contribution in [0.1, 0.15) is 21.5 Å². The highest BCUT2D eigenvalue weighted by atomic mass is 16.5. The summed E-state index contributed by atoms with van der Waals surface area (Å²) in [6, 6.07) is 22.2. The van der Waals surface area contributed by atoms with Crippen LogP contribution in [0.25, 0.3) is 0 Å². The van der Waals surface area contributed by atoms with Gasteiger partial charge < -0.3 is 20.1 Å². The molecule has 0 bridgehead atoms. The molecule has 6 nitrogen and oxygen atoms in total. The number of amides is 2. The number of hydrogen-bond acceptors (Lipinski definition) is 4. The number of anilines is 1. The van der Waals surface area contributed by atoms with Crippen LogP contribution in [0.4, 0.5) is 5.69 Å². The Kier molecular flexibility index (Phi) is 7.65. The quantitative estimate of drug-likeness (QED) is 0.553. The number of hydrogen-bond donors (Lipinski definition) is 2. The van der Waals surface area contributed by atoms with Gasteiger partial charge in [-0.05, 0) is 30.2 Å². The van der Waals surface area contributed by atoms with Crippen molar-refractivity contribution >= 4 is 17.5 Å². The van der Waals surface area contributed by atoms with E-state index in [1.807, 2.05) is 30.3 Å². The van der Waals surface area contributed by atoms with Gasteiger partial charge in [-0.2, -0.15) is 0 Å². The molecule has 0 radical (unpaired) electrons. The largest absolute Gasteiger partial charge is 0.497 e. The van der Waals surface area contributed by atoms with Crippen LogP contribution in [0.15, 0.2) is 72.8 Å². The van der Waals surface area contributed by atoms with Gasteiger partial charge in [-0.1, -0.05) is 48.5 Å². The van der Waals surface area contributed by atoms with E-state index < -0.39 is 0 Å². The van der Waals surface area contributed by atoms with Gasteiger partial charge in [0.25, 0.3) is 5.91 Å². The standard InChI is InChI=1S/C25H26N2O4/c1-30-20-13-12-19(23(17-20)31-2)16-24(28)27-22-11-7-6-10-21(22)25(29)26-15-14-18-8-4-3-5-9-18/h3-13,17H,14-16H2,1-2H3,(H,26,29)(H,27,28). The summed E-state index contributed by atoms with van der Waals surface area (Å²) in [5.41, 5.74) is 2.77. The lowest BCUT2D eigenvalue weighted by atomic mass is 10.1. The SMILES string of the molecule is COc1ccc(CC(=O)Nc2ccccc2C(=O)NCCc2ccccc2)c(OC)c1. The van der Waals surface area contributed by atoms with Crippen LogP contribution in [0.5, 0.6) is 11.5 Å². The smallest absolute Gasteiger partial charge is 0.253 e. The summed E-state index contributed by atoms with van der Waals surface area (Å²) in [6.45, 7) is 0.508. The number of benzene rings is 3. The third-order valence-corrected chi connectivity index (χ3v) is 4.83. The van der Waals surface area contributed by atoms with E-state index in [0.717, 1.165) is 17.5 Å². The first-order valence-corrected chi connectivity index (χ1v) is 10.0. The Morgan fingerprint density at radius 2 is 1.61 bits per heavy atom. The summed E-state index contributed by atoms with van der Waals surface area (Å²) in [4.78, 5) is 25.3. The summed E-state index contributed by atoms with van der Waals surface area (Å²) in [5, 5.41) is 5.76. The highest BCUT2D eigenvalue weighted by Crippen LogP contribution is 2.25. The molecule has 160 valence electrons. The molecule has 0 unspecified atom stereocenters. The van der Waals surface area contributed by atoms with Gasteiger partial charge in [0.05, 0.1) is 31.9 Å². The fourth-order valence-corrected chi connectivity index (χ4v) is 3.22. The maximum absolute atomic E-state index is 12.7. The van der Waals surface area contributed by atoms with Crippen molar-refractivity contribution < 1.29 is 19.1 Å². The van der Waals surface area contributed by atoms with Gasteiger partial charge in [0.1, 0.15) is 11.5 Å². The monoisotopic (exact) mass is 418 g/mol. The molecule has 31 heavy (non-hydrogen) atoms. The van der Waals surface area contributed by atoms with Crippen molar-refractivity contribution in [3.05, 3.63) is 89.5 Å². The minimum absolute atomic E-state index is 0.108. The number of methoxy groups -OCH3 is 2. The summed E-state index contributed by atoms with van der Waals surface area (Å²) in [5.74, 6) is 0.752. The van der Waals surface area contributed by atoms with Gasteiger partial charge in [-0.25, -0.2) is 0 Å². The van der Waals surface area contributed by atoms with E-state index in [-0.39, 0.29) is 18.2 Å². The van der Waals surface area contributed by atoms with E-state index >= 15 is 0 Å². The lowest BCUT2D eigenvalue weighted by molar-refractivity contribution is -0.115. The topological polar surface area (TPSA) is 76.7 Å². The molecule has 0 spiro atoms. The van der Waals surface area contributed by atoms with Gasteiger partial charge >= 0.3 is 0 Å². The minimum Gasteiger partial charge on any atom is -0.497 e. The Bertz CT molecular complexity index is 1030. The maximum Gasteiger partial charge on any atom is 0.253 e. The van der Waals surface area contributed by atoms with Crippen molar-refractivity contribution in [2.24, 2.45) is 0 Å². The highest BCUT2D eigenvalue weighted by Gasteiger charge is 2.15. The van der Waals surface area contributed by atoms with Crippen LogP contribution < -0.4 is 20.1 Å². The normalized spacial score (nSPS) is 10.3. The number of ether oxygens (including phenoxy) is 2. The maximum atomic E-state index is 12.7. The molecule has 0 aliphatic rings. The molecular formula is C25H26N2O4. The van der Waals surface area contributed by atoms with Gasteiger partial charge in [0.15, 0.2) is 0 Å². The van der Waals surface area contributed by atoms with Gasteiger partial charge in [-0.15, -0.1) is 0 Å². The molecule has 0 atom stereocenters. The van der Waals surface area contributed by atoms with Crippen LogP contribution in [-0.2, 0) is 17.6 Å². The molecule has 3 aromatic rings. The second kappa shape index (κ2) is 10.8. The van der Waals surface area contributed by atoms with Crippen molar-refractivity contribution in [2.75, 3.05) is 26.1 Å². The first-order valence-electron chi connectivity index (χ1n) is 10.0. The van der Waals surface area contributed by atoms with E-state index in [4.69, 9.17) is 9.47 Å². The van der Waals surface area contributed by atoms with Gasteiger partial charge in [0.2, 0.25) is 5.91 Å². The molecule has 3 aromatic carbocycles. The van der Waals surface area contributed by atoms with Crippen LogP contribution in [0.2, 0.25) is 0 Å². The third-order valence-electron chi connectivity index (χ3n) is 4.83. The molecule has 0 aliphatic heterocycles. The zero-order valence-corrected chi connectivity index (χ0v) is 17.7. The summed E-state index contributed by atoms with van der Waals surface area (Å²) in [7, 11) is 3.12. The Labute approximate surface area is 182 Å². The van der Waals surface area contributed by atoms with Crippen molar-refractivity contribution in [3.63, 3.8) is 0 Å². The molecule has 0 saturated carbocycles. The first kappa shape index (κ1) is 21.9. The van der Waals surface area contributed by atoms with Crippen LogP contribution >= 0.6 is 0 Å². The Balaban J connectivity index is 1.63. The Hall–Kier alpha value is -3.80. The number of rotatable bonds is 9. The second-order valence-electron chi connectivity index (χ2n) is 6.94. The average molecular weight is 418 g/mol. The fourth-order valence-electron chi connectivity index (χ4n) is 3.22. The summed E-state index contributed by atoms with van der Waals surface area (Å²) < 4.78 is 10.5. The number of para-hydroxylation sites is 1. The van der Waals surface area contributed by atoms with Crippen molar-refractivity contribution in [1.29, 1.82) is 0 Å². The fraction of sp³-hybridized carbons (Fsp3) is 0.200. The molecule has 0 fully saturated rings. The molecule has 2 N–H and O–H groups in total. The number of carbonyl (C=O) groups excluding carboxylic acids is 2. The van der Waals surface area contributed by atoms with Crippen LogP contribution in [-0.4, -0.2) is 32.6 Å². The van der Waals surface area contributed by atoms with Crippen molar-refractivity contribution in [1.82, 2.24) is 5.32 Å². The zero-order chi connectivity index (χ0) is 22.1. The number of nitrogens with one attached hydrogen (secondary N) is 2. The second-order valence-corrected chi connectivity index (χ2v) is 6.94. The van der Waals surface area contributed by atoms with Gasteiger partial charge in [-0.3, -0.25) is 9.59 Å². The molecular weight excluding hydrogens is 392 g/mol. The predicted molar refractivity (Wildman–Crippen MR) is 121 cm³/mol. The molecule has 0 heterocycles. The molecule has 2 amide bonds. The van der Waals surface area contributed by atoms with Crippen LogP contribution in [0.3, 0.4) is 0 Å².